The number of pyridine rings is 1. The molecule has 0 spiro atoms. The van der Waals surface area contributed by atoms with E-state index in [1.54, 1.807) is 6.20 Å². The average Bonchev–Trinajstić information content (AvgIpc) is 2.71. The Hall–Kier alpha value is -1.40. The molecule has 0 saturated carbocycles. The zero-order valence-electron chi connectivity index (χ0n) is 10.7. The van der Waals surface area contributed by atoms with Gasteiger partial charge in [0.25, 0.3) is 0 Å². The maximum absolute atomic E-state index is 10.9. The summed E-state index contributed by atoms with van der Waals surface area (Å²) in [4.78, 5) is 17.1. The molecule has 0 radical (unpaired) electrons. The van der Waals surface area contributed by atoms with Gasteiger partial charge in [-0.25, -0.2) is 4.98 Å². The van der Waals surface area contributed by atoms with Crippen LogP contribution in [0.25, 0.3) is 5.65 Å². The van der Waals surface area contributed by atoms with Crippen molar-refractivity contribution in [1.82, 2.24) is 14.3 Å². The van der Waals surface area contributed by atoms with Gasteiger partial charge in [0.2, 0.25) is 0 Å². The number of halogens is 1. The summed E-state index contributed by atoms with van der Waals surface area (Å²) in [6.07, 6.45) is 4.67. The smallest absolute Gasteiger partial charge is 0.317 e. The molecule has 0 unspecified atom stereocenters. The van der Waals surface area contributed by atoms with Crippen LogP contribution < -0.4 is 0 Å². The van der Waals surface area contributed by atoms with Crippen LogP contribution in [0.2, 0.25) is 0 Å². The number of imidazole rings is 1. The molecular formula is C13H16BrN3O2. The van der Waals surface area contributed by atoms with Crippen LogP contribution in [-0.2, 0) is 11.3 Å². The van der Waals surface area contributed by atoms with Crippen LogP contribution in [-0.4, -0.2) is 38.4 Å². The molecule has 0 aromatic carbocycles. The molecular weight excluding hydrogens is 310 g/mol. The van der Waals surface area contributed by atoms with Gasteiger partial charge in [0.05, 0.1) is 18.4 Å². The first-order valence-electron chi connectivity index (χ1n) is 6.15. The number of aromatic nitrogens is 2. The van der Waals surface area contributed by atoms with Crippen LogP contribution in [0.1, 0.15) is 19.0 Å². The number of aliphatic carboxylic acids is 1. The normalized spacial score (nSPS) is 11.3. The molecule has 0 fully saturated rings. The van der Waals surface area contributed by atoms with Crippen molar-refractivity contribution in [1.29, 1.82) is 0 Å². The van der Waals surface area contributed by atoms with Crippen LogP contribution in [0, 0.1) is 0 Å². The lowest BCUT2D eigenvalue weighted by Crippen LogP contribution is -2.30. The molecule has 0 aliphatic carbocycles. The number of carbonyl (C=O) groups is 1. The monoisotopic (exact) mass is 325 g/mol. The molecule has 0 amide bonds. The fraction of sp³-hybridized carbons (Fsp3) is 0.385. The van der Waals surface area contributed by atoms with Gasteiger partial charge in [-0.05, 0) is 41.0 Å². The lowest BCUT2D eigenvalue weighted by molar-refractivity contribution is -0.138. The molecule has 5 nitrogen and oxygen atoms in total. The van der Waals surface area contributed by atoms with E-state index >= 15 is 0 Å². The van der Waals surface area contributed by atoms with Crippen LogP contribution >= 0.6 is 15.9 Å². The second-order valence-electron chi connectivity index (χ2n) is 4.43. The van der Waals surface area contributed by atoms with E-state index in [1.165, 1.54) is 0 Å². The van der Waals surface area contributed by atoms with Crippen LogP contribution in [0.4, 0.5) is 0 Å². The maximum atomic E-state index is 10.9. The van der Waals surface area contributed by atoms with E-state index < -0.39 is 5.97 Å². The van der Waals surface area contributed by atoms with Crippen molar-refractivity contribution in [2.45, 2.75) is 19.9 Å². The van der Waals surface area contributed by atoms with E-state index in [0.29, 0.717) is 6.54 Å². The van der Waals surface area contributed by atoms with Gasteiger partial charge in [0.15, 0.2) is 0 Å². The van der Waals surface area contributed by atoms with Crippen LogP contribution in [0.15, 0.2) is 29.0 Å². The van der Waals surface area contributed by atoms with Gasteiger partial charge in [-0.3, -0.25) is 9.69 Å². The fourth-order valence-electron chi connectivity index (χ4n) is 2.07. The number of nitrogens with zero attached hydrogens (tertiary/aromatic N) is 3. The molecule has 102 valence electrons. The molecule has 2 heterocycles. The molecule has 2 rings (SSSR count). The Morgan fingerprint density at radius 1 is 1.53 bits per heavy atom. The third-order valence-electron chi connectivity index (χ3n) is 2.83. The van der Waals surface area contributed by atoms with Gasteiger partial charge in [-0.1, -0.05) is 6.92 Å². The second-order valence-corrected chi connectivity index (χ2v) is 5.35. The Kier molecular flexibility index (Phi) is 4.55. The zero-order chi connectivity index (χ0) is 13.8. The highest BCUT2D eigenvalue weighted by Crippen LogP contribution is 2.15. The van der Waals surface area contributed by atoms with Crippen molar-refractivity contribution >= 4 is 27.5 Å². The van der Waals surface area contributed by atoms with Crippen molar-refractivity contribution in [3.63, 3.8) is 0 Å². The van der Waals surface area contributed by atoms with Gasteiger partial charge in [0, 0.05) is 17.2 Å². The summed E-state index contributed by atoms with van der Waals surface area (Å²) in [6, 6.07) is 3.86. The highest BCUT2D eigenvalue weighted by Gasteiger charge is 2.12. The minimum absolute atomic E-state index is 0.0507. The van der Waals surface area contributed by atoms with E-state index in [2.05, 4.69) is 20.9 Å². The Balaban J connectivity index is 2.23. The SMILES string of the molecule is CCCN(CC(=O)O)Cc1cnc2ccc(Br)cn12. The quantitative estimate of drug-likeness (QED) is 0.886. The Bertz CT molecular complexity index is 582. The maximum Gasteiger partial charge on any atom is 0.317 e. The predicted octanol–water partition coefficient (Wildman–Crippen LogP) is 2.39. The molecule has 19 heavy (non-hydrogen) atoms. The van der Waals surface area contributed by atoms with Crippen molar-refractivity contribution in [2.24, 2.45) is 0 Å². The minimum atomic E-state index is -0.802. The molecule has 6 heteroatoms. The summed E-state index contributed by atoms with van der Waals surface area (Å²) >= 11 is 3.43. The van der Waals surface area contributed by atoms with Crippen LogP contribution in [0.3, 0.4) is 0 Å². The Morgan fingerprint density at radius 2 is 2.32 bits per heavy atom. The van der Waals surface area contributed by atoms with Crippen molar-refractivity contribution in [3.8, 4) is 0 Å². The Morgan fingerprint density at radius 3 is 3.00 bits per heavy atom. The lowest BCUT2D eigenvalue weighted by atomic mass is 10.3. The molecule has 0 aliphatic heterocycles. The number of carboxylic acid groups (broad SMARTS) is 1. The predicted molar refractivity (Wildman–Crippen MR) is 76.1 cm³/mol. The van der Waals surface area contributed by atoms with Gasteiger partial charge in [-0.15, -0.1) is 0 Å². The Labute approximate surface area is 120 Å². The van der Waals surface area contributed by atoms with Gasteiger partial charge < -0.3 is 9.51 Å². The summed E-state index contributed by atoms with van der Waals surface area (Å²) in [6.45, 7) is 3.43. The molecule has 0 atom stereocenters. The first-order valence-corrected chi connectivity index (χ1v) is 6.95. The van der Waals surface area contributed by atoms with E-state index in [9.17, 15) is 4.79 Å². The van der Waals surface area contributed by atoms with Crippen LogP contribution in [0.5, 0.6) is 0 Å². The number of hydrogen-bond donors (Lipinski definition) is 1. The van der Waals surface area contributed by atoms with E-state index in [1.807, 2.05) is 34.6 Å². The summed E-state index contributed by atoms with van der Waals surface area (Å²) in [7, 11) is 0. The third-order valence-corrected chi connectivity index (χ3v) is 3.30. The third kappa shape index (κ3) is 3.54. The van der Waals surface area contributed by atoms with Gasteiger partial charge in [-0.2, -0.15) is 0 Å². The fourth-order valence-corrected chi connectivity index (χ4v) is 2.41. The van der Waals surface area contributed by atoms with Crippen molar-refractivity contribution < 1.29 is 9.90 Å². The number of rotatable bonds is 6. The summed E-state index contributed by atoms with van der Waals surface area (Å²) in [5.74, 6) is -0.802. The van der Waals surface area contributed by atoms with Crippen molar-refractivity contribution in [2.75, 3.05) is 13.1 Å². The standard InChI is InChI=1S/C13H16BrN3O2/c1-2-5-16(9-13(18)19)8-11-6-15-12-4-3-10(14)7-17(11)12/h3-4,6-7H,2,5,8-9H2,1H3,(H,18,19). The lowest BCUT2D eigenvalue weighted by Gasteiger charge is -2.18. The van der Waals surface area contributed by atoms with E-state index in [0.717, 1.165) is 28.8 Å². The number of hydrogen-bond acceptors (Lipinski definition) is 3. The van der Waals surface area contributed by atoms with E-state index in [-0.39, 0.29) is 6.54 Å². The average molecular weight is 326 g/mol. The molecule has 2 aromatic heterocycles. The van der Waals surface area contributed by atoms with Gasteiger partial charge in [0.1, 0.15) is 5.65 Å². The molecule has 0 aliphatic rings. The first-order chi connectivity index (χ1) is 9.10. The topological polar surface area (TPSA) is 57.8 Å². The first kappa shape index (κ1) is 14.0. The number of fused-ring (bicyclic) bond motifs is 1. The highest BCUT2D eigenvalue weighted by molar-refractivity contribution is 9.10. The highest BCUT2D eigenvalue weighted by atomic mass is 79.9. The van der Waals surface area contributed by atoms with Gasteiger partial charge >= 0.3 is 5.97 Å². The molecule has 0 saturated heterocycles. The second kappa shape index (κ2) is 6.16. The summed E-state index contributed by atoms with van der Waals surface area (Å²) in [5.41, 5.74) is 1.86. The molecule has 0 bridgehead atoms. The zero-order valence-corrected chi connectivity index (χ0v) is 12.3. The molecule has 1 N–H and O–H groups in total. The summed E-state index contributed by atoms with van der Waals surface area (Å²) in [5, 5.41) is 8.92. The van der Waals surface area contributed by atoms with Crippen molar-refractivity contribution in [3.05, 3.63) is 34.7 Å². The number of carboxylic acids is 1. The molecule has 2 aromatic rings. The largest absolute Gasteiger partial charge is 0.480 e. The minimum Gasteiger partial charge on any atom is -0.480 e. The van der Waals surface area contributed by atoms with E-state index in [4.69, 9.17) is 5.11 Å². The summed E-state index contributed by atoms with van der Waals surface area (Å²) < 4.78 is 2.95.